The Bertz CT molecular complexity index is 614. The van der Waals surface area contributed by atoms with E-state index in [0.29, 0.717) is 18.5 Å². The van der Waals surface area contributed by atoms with Gasteiger partial charge in [0.2, 0.25) is 5.95 Å². The molecule has 0 aromatic carbocycles. The van der Waals surface area contributed by atoms with E-state index in [9.17, 15) is 17.6 Å². The number of halogens is 1. The fraction of sp³-hybridized carbons (Fsp3) is 0.500. The Morgan fingerprint density at radius 3 is 2.68 bits per heavy atom. The van der Waals surface area contributed by atoms with E-state index in [1.54, 1.807) is 6.92 Å². The first kappa shape index (κ1) is 13.9. The second-order valence-electron chi connectivity index (χ2n) is 4.70. The predicted octanol–water partition coefficient (Wildman–Crippen LogP) is 1.56. The van der Waals surface area contributed by atoms with Gasteiger partial charge in [-0.1, -0.05) is 6.42 Å². The Morgan fingerprint density at radius 2 is 2.11 bits per heavy atom. The van der Waals surface area contributed by atoms with Gasteiger partial charge >= 0.3 is 5.97 Å². The average Bonchev–Trinajstić information content (AvgIpc) is 2.77. The number of carboxylic acids is 1. The zero-order chi connectivity index (χ0) is 14.2. The van der Waals surface area contributed by atoms with Crippen molar-refractivity contribution in [1.29, 1.82) is 0 Å². The minimum Gasteiger partial charge on any atom is -0.481 e. The summed E-state index contributed by atoms with van der Waals surface area (Å²) in [6.45, 7) is 1.55. The molecule has 2 atom stereocenters. The SMILES string of the molecule is Cc1ccc(S(=O)(=O)C2CCCC2C(=O)O)c(F)n1. The van der Waals surface area contributed by atoms with Gasteiger partial charge in [0.05, 0.1) is 11.2 Å². The molecule has 1 aromatic rings. The van der Waals surface area contributed by atoms with Crippen LogP contribution in [0.2, 0.25) is 0 Å². The van der Waals surface area contributed by atoms with Crippen molar-refractivity contribution in [3.8, 4) is 0 Å². The third-order valence-corrected chi connectivity index (χ3v) is 5.71. The van der Waals surface area contributed by atoms with Gasteiger partial charge in [0.25, 0.3) is 0 Å². The average molecular weight is 287 g/mol. The number of aliphatic carboxylic acids is 1. The summed E-state index contributed by atoms with van der Waals surface area (Å²) in [6.07, 6.45) is 1.06. The molecule has 5 nitrogen and oxygen atoms in total. The maximum absolute atomic E-state index is 13.7. The van der Waals surface area contributed by atoms with Crippen LogP contribution in [0.25, 0.3) is 0 Å². The third-order valence-electron chi connectivity index (χ3n) is 3.43. The molecule has 1 aliphatic carbocycles. The molecule has 1 aromatic heterocycles. The summed E-state index contributed by atoms with van der Waals surface area (Å²) in [4.78, 5) is 14.0. The Kier molecular flexibility index (Phi) is 3.58. The van der Waals surface area contributed by atoms with Crippen LogP contribution in [-0.4, -0.2) is 29.7 Å². The zero-order valence-corrected chi connectivity index (χ0v) is 11.2. The molecular weight excluding hydrogens is 273 g/mol. The second-order valence-corrected chi connectivity index (χ2v) is 6.84. The molecule has 1 N–H and O–H groups in total. The summed E-state index contributed by atoms with van der Waals surface area (Å²) in [5.41, 5.74) is 0.373. The number of aryl methyl sites for hydroxylation is 1. The second kappa shape index (κ2) is 4.88. The van der Waals surface area contributed by atoms with Gasteiger partial charge in [-0.25, -0.2) is 13.4 Å². The van der Waals surface area contributed by atoms with Crippen LogP contribution in [0.5, 0.6) is 0 Å². The summed E-state index contributed by atoms with van der Waals surface area (Å²) in [5, 5.41) is 7.97. The van der Waals surface area contributed by atoms with Gasteiger partial charge in [0.1, 0.15) is 4.90 Å². The largest absolute Gasteiger partial charge is 0.481 e. The predicted molar refractivity (Wildman–Crippen MR) is 64.9 cm³/mol. The monoisotopic (exact) mass is 287 g/mol. The molecule has 0 spiro atoms. The Morgan fingerprint density at radius 1 is 1.42 bits per heavy atom. The number of carboxylic acid groups (broad SMARTS) is 1. The van der Waals surface area contributed by atoms with Crippen molar-refractivity contribution in [3.63, 3.8) is 0 Å². The van der Waals surface area contributed by atoms with Gasteiger partial charge in [-0.3, -0.25) is 4.79 Å². The molecule has 19 heavy (non-hydrogen) atoms. The van der Waals surface area contributed by atoms with Crippen LogP contribution < -0.4 is 0 Å². The lowest BCUT2D eigenvalue weighted by molar-refractivity contribution is -0.141. The third kappa shape index (κ3) is 2.47. The zero-order valence-electron chi connectivity index (χ0n) is 10.3. The Labute approximate surface area is 110 Å². The Balaban J connectivity index is 2.45. The van der Waals surface area contributed by atoms with Crippen LogP contribution in [-0.2, 0) is 14.6 Å². The van der Waals surface area contributed by atoms with E-state index in [1.807, 2.05) is 0 Å². The maximum Gasteiger partial charge on any atom is 0.307 e. The summed E-state index contributed by atoms with van der Waals surface area (Å²) < 4.78 is 38.4. The van der Waals surface area contributed by atoms with Gasteiger partial charge in [-0.15, -0.1) is 0 Å². The van der Waals surface area contributed by atoms with Gasteiger partial charge < -0.3 is 5.11 Å². The van der Waals surface area contributed by atoms with Gasteiger partial charge in [0, 0.05) is 5.69 Å². The van der Waals surface area contributed by atoms with Crippen LogP contribution >= 0.6 is 0 Å². The number of nitrogens with zero attached hydrogens (tertiary/aromatic N) is 1. The maximum atomic E-state index is 13.7. The van der Waals surface area contributed by atoms with Crippen molar-refractivity contribution in [2.75, 3.05) is 0 Å². The van der Waals surface area contributed by atoms with E-state index in [2.05, 4.69) is 4.98 Å². The van der Waals surface area contributed by atoms with Crippen molar-refractivity contribution in [2.24, 2.45) is 5.92 Å². The van der Waals surface area contributed by atoms with Crippen LogP contribution in [0.3, 0.4) is 0 Å². The quantitative estimate of drug-likeness (QED) is 0.853. The molecule has 1 heterocycles. The number of sulfone groups is 1. The smallest absolute Gasteiger partial charge is 0.307 e. The molecule has 7 heteroatoms. The van der Waals surface area contributed by atoms with Crippen LogP contribution in [0.4, 0.5) is 4.39 Å². The minimum absolute atomic E-state index is 0.243. The van der Waals surface area contributed by atoms with E-state index in [-0.39, 0.29) is 6.42 Å². The van der Waals surface area contributed by atoms with E-state index >= 15 is 0 Å². The molecule has 2 rings (SSSR count). The lowest BCUT2D eigenvalue weighted by atomic mass is 10.1. The fourth-order valence-electron chi connectivity index (χ4n) is 2.47. The first-order valence-corrected chi connectivity index (χ1v) is 7.48. The normalized spacial score (nSPS) is 23.5. The molecule has 0 bridgehead atoms. The van der Waals surface area contributed by atoms with Crippen molar-refractivity contribution in [1.82, 2.24) is 4.98 Å². The molecule has 1 saturated carbocycles. The van der Waals surface area contributed by atoms with E-state index in [0.717, 1.165) is 6.07 Å². The summed E-state index contributed by atoms with van der Waals surface area (Å²) in [6, 6.07) is 2.56. The molecule has 1 fully saturated rings. The molecule has 2 unspecified atom stereocenters. The topological polar surface area (TPSA) is 84.3 Å². The van der Waals surface area contributed by atoms with Gasteiger partial charge in [-0.2, -0.15) is 4.39 Å². The van der Waals surface area contributed by atoms with Crippen molar-refractivity contribution in [2.45, 2.75) is 36.3 Å². The molecule has 0 aliphatic heterocycles. The molecule has 0 amide bonds. The fourth-order valence-corrected chi connectivity index (χ4v) is 4.49. The molecule has 0 radical (unpaired) electrons. The number of pyridine rings is 1. The van der Waals surface area contributed by atoms with E-state index < -0.39 is 37.8 Å². The van der Waals surface area contributed by atoms with Crippen LogP contribution in [0.15, 0.2) is 17.0 Å². The van der Waals surface area contributed by atoms with Crippen molar-refractivity contribution in [3.05, 3.63) is 23.8 Å². The minimum atomic E-state index is -4.00. The number of carbonyl (C=O) groups is 1. The molecular formula is C12H14FNO4S. The first-order chi connectivity index (χ1) is 8.84. The van der Waals surface area contributed by atoms with Crippen LogP contribution in [0, 0.1) is 18.8 Å². The number of aromatic nitrogens is 1. The number of hydrogen-bond donors (Lipinski definition) is 1. The number of hydrogen-bond acceptors (Lipinski definition) is 4. The summed E-state index contributed by atoms with van der Waals surface area (Å²) in [5.74, 6) is -3.17. The van der Waals surface area contributed by atoms with Crippen LogP contribution in [0.1, 0.15) is 25.0 Å². The Hall–Kier alpha value is -1.50. The number of rotatable bonds is 3. The standard InChI is InChI=1S/C12H14FNO4S/c1-7-5-6-10(11(13)14-7)19(17,18)9-4-2-3-8(9)12(15)16/h5-6,8-9H,2-4H2,1H3,(H,15,16). The highest BCUT2D eigenvalue weighted by atomic mass is 32.2. The highest BCUT2D eigenvalue weighted by molar-refractivity contribution is 7.92. The van der Waals surface area contributed by atoms with E-state index in [1.165, 1.54) is 6.07 Å². The first-order valence-electron chi connectivity index (χ1n) is 5.94. The van der Waals surface area contributed by atoms with E-state index in [4.69, 9.17) is 5.11 Å². The lowest BCUT2D eigenvalue weighted by Crippen LogP contribution is -2.31. The summed E-state index contributed by atoms with van der Waals surface area (Å²) in [7, 11) is -4.00. The van der Waals surface area contributed by atoms with Crippen molar-refractivity contribution < 1.29 is 22.7 Å². The molecule has 104 valence electrons. The van der Waals surface area contributed by atoms with Gasteiger partial charge in [-0.05, 0) is 31.9 Å². The highest BCUT2D eigenvalue weighted by Crippen LogP contribution is 2.35. The molecule has 1 aliphatic rings. The lowest BCUT2D eigenvalue weighted by Gasteiger charge is -2.16. The summed E-state index contributed by atoms with van der Waals surface area (Å²) >= 11 is 0. The van der Waals surface area contributed by atoms with Crippen molar-refractivity contribution >= 4 is 15.8 Å². The van der Waals surface area contributed by atoms with Gasteiger partial charge in [0.15, 0.2) is 9.84 Å². The highest BCUT2D eigenvalue weighted by Gasteiger charge is 2.43. The molecule has 0 saturated heterocycles.